The maximum absolute atomic E-state index is 12.1. The van der Waals surface area contributed by atoms with Gasteiger partial charge < -0.3 is 10.1 Å². The average Bonchev–Trinajstić information content (AvgIpc) is 2.72. The number of nitrogens with zero attached hydrogens (tertiary/aromatic N) is 3. The number of benzene rings is 1. The van der Waals surface area contributed by atoms with Crippen LogP contribution in [0.5, 0.6) is 5.75 Å². The van der Waals surface area contributed by atoms with Gasteiger partial charge in [-0.3, -0.25) is 0 Å². The van der Waals surface area contributed by atoms with Crippen LogP contribution in [0.4, 0.5) is 5.95 Å². The Morgan fingerprint density at radius 3 is 2.89 bits per heavy atom. The van der Waals surface area contributed by atoms with Gasteiger partial charge in [-0.2, -0.15) is 0 Å². The first kappa shape index (κ1) is 13.2. The van der Waals surface area contributed by atoms with Gasteiger partial charge in [-0.05, 0) is 18.6 Å². The second-order valence-corrected chi connectivity index (χ2v) is 4.19. The van der Waals surface area contributed by atoms with E-state index in [0.717, 1.165) is 18.7 Å². The Kier molecular flexibility index (Phi) is 3.89. The SMILES string of the molecule is CCCNc1nn(C)c(=O)n1-c1cccc(OC)c1. The van der Waals surface area contributed by atoms with E-state index in [4.69, 9.17) is 4.74 Å². The maximum atomic E-state index is 12.1. The summed E-state index contributed by atoms with van der Waals surface area (Å²) in [5, 5.41) is 7.35. The van der Waals surface area contributed by atoms with E-state index in [1.54, 1.807) is 20.2 Å². The van der Waals surface area contributed by atoms with Crippen LogP contribution in [0.1, 0.15) is 13.3 Å². The number of hydrogen-bond acceptors (Lipinski definition) is 4. The summed E-state index contributed by atoms with van der Waals surface area (Å²) >= 11 is 0. The average molecular weight is 262 g/mol. The van der Waals surface area contributed by atoms with Crippen molar-refractivity contribution in [3.05, 3.63) is 34.7 Å². The number of nitrogens with one attached hydrogen (secondary N) is 1. The Balaban J connectivity index is 2.50. The van der Waals surface area contributed by atoms with Crippen molar-refractivity contribution in [2.24, 2.45) is 7.05 Å². The molecule has 0 radical (unpaired) electrons. The van der Waals surface area contributed by atoms with Gasteiger partial charge in [0.2, 0.25) is 5.95 Å². The molecule has 6 heteroatoms. The lowest BCUT2D eigenvalue weighted by molar-refractivity contribution is 0.414. The molecule has 2 rings (SSSR count). The number of methoxy groups -OCH3 is 1. The molecule has 6 nitrogen and oxygen atoms in total. The van der Waals surface area contributed by atoms with E-state index in [1.165, 1.54) is 9.25 Å². The number of rotatable bonds is 5. The second kappa shape index (κ2) is 5.60. The van der Waals surface area contributed by atoms with Crippen molar-refractivity contribution in [1.29, 1.82) is 0 Å². The molecule has 2 aromatic rings. The lowest BCUT2D eigenvalue weighted by atomic mass is 10.3. The molecular formula is C13H18N4O2. The summed E-state index contributed by atoms with van der Waals surface area (Å²) in [6.07, 6.45) is 0.961. The van der Waals surface area contributed by atoms with Crippen LogP contribution in [0.15, 0.2) is 29.1 Å². The summed E-state index contributed by atoms with van der Waals surface area (Å²) in [6.45, 7) is 2.82. The van der Waals surface area contributed by atoms with Gasteiger partial charge in [0.05, 0.1) is 12.8 Å². The zero-order valence-corrected chi connectivity index (χ0v) is 11.4. The molecular weight excluding hydrogens is 244 g/mol. The van der Waals surface area contributed by atoms with Crippen LogP contribution in [0.3, 0.4) is 0 Å². The standard InChI is InChI=1S/C13H18N4O2/c1-4-8-14-12-15-16(2)13(18)17(12)10-6-5-7-11(9-10)19-3/h5-7,9H,4,8H2,1-3H3,(H,14,15). The monoisotopic (exact) mass is 262 g/mol. The van der Waals surface area contributed by atoms with Crippen LogP contribution >= 0.6 is 0 Å². The highest BCUT2D eigenvalue weighted by atomic mass is 16.5. The maximum Gasteiger partial charge on any atom is 0.351 e. The zero-order valence-electron chi connectivity index (χ0n) is 11.4. The molecule has 0 spiro atoms. The quantitative estimate of drug-likeness (QED) is 0.885. The molecule has 1 aromatic carbocycles. The van der Waals surface area contributed by atoms with Gasteiger partial charge in [0.15, 0.2) is 0 Å². The fraction of sp³-hybridized carbons (Fsp3) is 0.385. The van der Waals surface area contributed by atoms with Crippen molar-refractivity contribution in [3.8, 4) is 11.4 Å². The molecule has 0 fully saturated rings. The summed E-state index contributed by atoms with van der Waals surface area (Å²) in [7, 11) is 3.23. The van der Waals surface area contributed by atoms with Gasteiger partial charge >= 0.3 is 5.69 Å². The molecule has 19 heavy (non-hydrogen) atoms. The van der Waals surface area contributed by atoms with E-state index in [1.807, 2.05) is 18.2 Å². The van der Waals surface area contributed by atoms with Crippen molar-refractivity contribution >= 4 is 5.95 Å². The van der Waals surface area contributed by atoms with Crippen LogP contribution in [-0.2, 0) is 7.05 Å². The minimum atomic E-state index is -0.188. The first-order valence-electron chi connectivity index (χ1n) is 6.21. The van der Waals surface area contributed by atoms with Crippen molar-refractivity contribution in [2.45, 2.75) is 13.3 Å². The molecule has 0 aliphatic rings. The van der Waals surface area contributed by atoms with Crippen LogP contribution in [0, 0.1) is 0 Å². The minimum Gasteiger partial charge on any atom is -0.497 e. The Labute approximate surface area is 111 Å². The number of anilines is 1. The van der Waals surface area contributed by atoms with Crippen molar-refractivity contribution in [2.75, 3.05) is 19.0 Å². The van der Waals surface area contributed by atoms with E-state index in [2.05, 4.69) is 17.3 Å². The second-order valence-electron chi connectivity index (χ2n) is 4.19. The normalized spacial score (nSPS) is 10.5. The fourth-order valence-electron chi connectivity index (χ4n) is 1.80. The first-order valence-corrected chi connectivity index (χ1v) is 6.21. The van der Waals surface area contributed by atoms with E-state index in [-0.39, 0.29) is 5.69 Å². The van der Waals surface area contributed by atoms with Crippen molar-refractivity contribution in [3.63, 3.8) is 0 Å². The predicted octanol–water partition coefficient (Wildman–Crippen LogP) is 1.40. The number of hydrogen-bond donors (Lipinski definition) is 1. The molecule has 0 unspecified atom stereocenters. The molecule has 1 heterocycles. The smallest absolute Gasteiger partial charge is 0.351 e. The highest BCUT2D eigenvalue weighted by Crippen LogP contribution is 2.17. The predicted molar refractivity (Wildman–Crippen MR) is 74.1 cm³/mol. The van der Waals surface area contributed by atoms with Crippen LogP contribution in [0.2, 0.25) is 0 Å². The zero-order chi connectivity index (χ0) is 13.8. The minimum absolute atomic E-state index is 0.188. The third-order valence-electron chi connectivity index (χ3n) is 2.77. The third kappa shape index (κ3) is 2.62. The molecule has 0 saturated heterocycles. The molecule has 1 aromatic heterocycles. The third-order valence-corrected chi connectivity index (χ3v) is 2.77. The molecule has 0 aliphatic carbocycles. The molecule has 1 N–H and O–H groups in total. The Bertz CT molecular complexity index is 615. The summed E-state index contributed by atoms with van der Waals surface area (Å²) < 4.78 is 8.04. The number of aromatic nitrogens is 3. The number of ether oxygens (including phenoxy) is 1. The topological polar surface area (TPSA) is 61.1 Å². The number of aryl methyl sites for hydroxylation is 1. The summed E-state index contributed by atoms with van der Waals surface area (Å²) in [6, 6.07) is 7.34. The van der Waals surface area contributed by atoms with E-state index >= 15 is 0 Å². The fourth-order valence-corrected chi connectivity index (χ4v) is 1.80. The van der Waals surface area contributed by atoms with E-state index < -0.39 is 0 Å². The van der Waals surface area contributed by atoms with Gasteiger partial charge in [0.1, 0.15) is 5.75 Å². The van der Waals surface area contributed by atoms with Gasteiger partial charge in [-0.15, -0.1) is 5.10 Å². The molecule has 0 saturated carbocycles. The lowest BCUT2D eigenvalue weighted by Gasteiger charge is -2.08. The van der Waals surface area contributed by atoms with E-state index in [0.29, 0.717) is 11.7 Å². The summed E-state index contributed by atoms with van der Waals surface area (Å²) in [5.74, 6) is 1.25. The highest BCUT2D eigenvalue weighted by Gasteiger charge is 2.12. The van der Waals surface area contributed by atoms with Gasteiger partial charge in [-0.1, -0.05) is 13.0 Å². The van der Waals surface area contributed by atoms with Gasteiger partial charge in [-0.25, -0.2) is 14.0 Å². The molecule has 0 aliphatic heterocycles. The Hall–Kier alpha value is -2.24. The van der Waals surface area contributed by atoms with Crippen LogP contribution < -0.4 is 15.7 Å². The van der Waals surface area contributed by atoms with Crippen LogP contribution in [-0.4, -0.2) is 28.0 Å². The largest absolute Gasteiger partial charge is 0.497 e. The van der Waals surface area contributed by atoms with Crippen LogP contribution in [0.25, 0.3) is 5.69 Å². The van der Waals surface area contributed by atoms with Crippen molar-refractivity contribution < 1.29 is 4.74 Å². The molecule has 0 amide bonds. The Morgan fingerprint density at radius 2 is 2.21 bits per heavy atom. The van der Waals surface area contributed by atoms with Crippen molar-refractivity contribution in [1.82, 2.24) is 14.3 Å². The van der Waals surface area contributed by atoms with E-state index in [9.17, 15) is 4.79 Å². The first-order chi connectivity index (χ1) is 9.17. The Morgan fingerprint density at radius 1 is 1.42 bits per heavy atom. The summed E-state index contributed by atoms with van der Waals surface area (Å²) in [4.78, 5) is 12.1. The summed E-state index contributed by atoms with van der Waals surface area (Å²) in [5.41, 5.74) is 0.544. The highest BCUT2D eigenvalue weighted by molar-refractivity contribution is 5.44. The van der Waals surface area contributed by atoms with Gasteiger partial charge in [0.25, 0.3) is 0 Å². The lowest BCUT2D eigenvalue weighted by Crippen LogP contribution is -2.22. The molecule has 0 atom stereocenters. The molecule has 102 valence electrons. The molecule has 0 bridgehead atoms. The van der Waals surface area contributed by atoms with Gasteiger partial charge in [0, 0.05) is 19.7 Å².